The summed E-state index contributed by atoms with van der Waals surface area (Å²) >= 11 is -5.40. The van der Waals surface area contributed by atoms with E-state index in [1.807, 2.05) is 13.8 Å². The van der Waals surface area contributed by atoms with Crippen LogP contribution < -0.4 is 6.61 Å². The minimum atomic E-state index is -2.93. The predicted octanol–water partition coefficient (Wildman–Crippen LogP) is 4.18. The Hall–Kier alpha value is -1.39. The van der Waals surface area contributed by atoms with E-state index in [4.69, 9.17) is 0 Å². The van der Waals surface area contributed by atoms with E-state index in [9.17, 15) is 9.59 Å². The van der Waals surface area contributed by atoms with E-state index in [0.717, 1.165) is 0 Å². The molecule has 2 aliphatic rings. The number of carbonyl (C=O) groups excluding carboxylic acids is 2. The van der Waals surface area contributed by atoms with Crippen LogP contribution in [-0.4, -0.2) is 29.1 Å². The van der Waals surface area contributed by atoms with Crippen molar-refractivity contribution in [2.24, 2.45) is 0 Å². The Morgan fingerprint density at radius 1 is 0.800 bits per heavy atom. The van der Waals surface area contributed by atoms with Crippen LogP contribution in [0.2, 0.25) is 0 Å². The molecule has 2 aromatic carbocycles. The van der Waals surface area contributed by atoms with Crippen molar-refractivity contribution in [3.8, 4) is 0 Å². The summed E-state index contributed by atoms with van der Waals surface area (Å²) in [4.78, 5) is 25.0. The zero-order valence-corrected chi connectivity index (χ0v) is 23.1. The second-order valence-electron chi connectivity index (χ2n) is 7.71. The zero-order valence-electron chi connectivity index (χ0n) is 17.4. The van der Waals surface area contributed by atoms with Crippen molar-refractivity contribution in [1.82, 2.24) is 6.61 Å². The van der Waals surface area contributed by atoms with Gasteiger partial charge in [-0.25, -0.2) is 0 Å². The predicted molar refractivity (Wildman–Crippen MR) is 119 cm³/mol. The standard InChI is InChI=1S/2C9H7.2C3H7NO.In.Zr/c2*1-2-5-9-7-3-6-8(9)4-1;2*1-2-3(4)5;;/h2*1-7H;2*2H2,1H3,(H2,4,5);;/q;;;;+2;/p-2. The third-order valence-electron chi connectivity index (χ3n) is 5.90. The van der Waals surface area contributed by atoms with Crippen LogP contribution in [0, 0.1) is 0 Å². The molecule has 0 radical (unpaired) electrons. The van der Waals surface area contributed by atoms with Gasteiger partial charge < -0.3 is 0 Å². The van der Waals surface area contributed by atoms with Gasteiger partial charge in [0.05, 0.1) is 0 Å². The summed E-state index contributed by atoms with van der Waals surface area (Å²) in [5.41, 5.74) is 5.32. The number of hydrogen-bond acceptors (Lipinski definition) is 2. The van der Waals surface area contributed by atoms with Crippen molar-refractivity contribution in [2.45, 2.75) is 33.9 Å². The van der Waals surface area contributed by atoms with E-state index in [1.54, 1.807) is 0 Å². The fourth-order valence-electron chi connectivity index (χ4n) is 4.36. The summed E-state index contributed by atoms with van der Waals surface area (Å²) in [5.74, 6) is 0.159. The van der Waals surface area contributed by atoms with Crippen LogP contribution in [0.25, 0.3) is 12.2 Å². The second-order valence-corrected chi connectivity index (χ2v) is 38.1. The minimum absolute atomic E-state index is 0.0795. The van der Waals surface area contributed by atoms with Gasteiger partial charge in [0.25, 0.3) is 0 Å². The van der Waals surface area contributed by atoms with Gasteiger partial charge in [-0.15, -0.1) is 0 Å². The molecule has 4 rings (SSSR count). The maximum atomic E-state index is 12.5. The molecule has 4 nitrogen and oxygen atoms in total. The number of nitrogens with one attached hydrogen (secondary N) is 2. The van der Waals surface area contributed by atoms with Gasteiger partial charge in [0, 0.05) is 0 Å². The van der Waals surface area contributed by atoms with E-state index in [-0.39, 0.29) is 11.8 Å². The Balaban J connectivity index is 1.79. The van der Waals surface area contributed by atoms with Crippen LogP contribution in [0.15, 0.2) is 60.7 Å². The third-order valence-corrected chi connectivity index (χ3v) is 45.2. The molecule has 0 spiro atoms. The molecule has 2 unspecified atom stereocenters. The Morgan fingerprint density at radius 3 is 1.67 bits per heavy atom. The molecule has 0 saturated heterocycles. The Bertz CT molecular complexity index is 940. The van der Waals surface area contributed by atoms with Crippen LogP contribution in [0.5, 0.6) is 0 Å². The molecule has 0 aromatic heterocycles. The molecule has 2 atom stereocenters. The first-order valence-electron chi connectivity index (χ1n) is 10.6. The Morgan fingerprint density at radius 2 is 1.23 bits per heavy atom. The van der Waals surface area contributed by atoms with Gasteiger partial charge in [0.2, 0.25) is 0 Å². The molecule has 0 saturated carbocycles. The molecule has 0 aliphatic heterocycles. The van der Waals surface area contributed by atoms with E-state index in [0.29, 0.717) is 20.1 Å². The van der Waals surface area contributed by atoms with Crippen molar-refractivity contribution >= 4 is 41.2 Å². The van der Waals surface area contributed by atoms with Gasteiger partial charge in [-0.2, -0.15) is 0 Å². The summed E-state index contributed by atoms with van der Waals surface area (Å²) in [5, 5.41) is 0. The first-order chi connectivity index (χ1) is 14.6. The van der Waals surface area contributed by atoms with Gasteiger partial charge in [0.1, 0.15) is 0 Å². The molecule has 6 heteroatoms. The number of rotatable bonds is 7. The second kappa shape index (κ2) is 9.83. The number of benzene rings is 2. The maximum absolute atomic E-state index is 12.5. The van der Waals surface area contributed by atoms with Crippen molar-refractivity contribution in [3.63, 3.8) is 0 Å². The topological polar surface area (TPSA) is 58.2 Å². The monoisotopic (exact) mass is 579 g/mol. The summed E-state index contributed by atoms with van der Waals surface area (Å²) in [7, 11) is 0. The molecule has 30 heavy (non-hydrogen) atoms. The third kappa shape index (κ3) is 4.45. The number of allylic oxidation sites excluding steroid dienone is 2. The molecule has 0 fully saturated rings. The average molecular weight is 581 g/mol. The van der Waals surface area contributed by atoms with Crippen LogP contribution in [0.3, 0.4) is 0 Å². The van der Waals surface area contributed by atoms with Gasteiger partial charge >= 0.3 is 191 Å². The summed E-state index contributed by atoms with van der Waals surface area (Å²) < 4.78 is 7.56. The molecule has 2 N–H and O–H groups in total. The molecular formula is C24H26InN2O2Zr. The quantitative estimate of drug-likeness (QED) is 0.517. The van der Waals surface area contributed by atoms with Crippen molar-refractivity contribution in [2.75, 3.05) is 0 Å². The van der Waals surface area contributed by atoms with Crippen LogP contribution in [0.1, 0.15) is 56.2 Å². The van der Waals surface area contributed by atoms with Crippen LogP contribution >= 0.6 is 0 Å². The fourth-order valence-corrected chi connectivity index (χ4v) is 48.6. The van der Waals surface area contributed by atoms with E-state index < -0.39 is 34.3 Å². The van der Waals surface area contributed by atoms with Gasteiger partial charge in [-0.05, 0) is 0 Å². The van der Waals surface area contributed by atoms with Crippen molar-refractivity contribution in [1.29, 1.82) is 0 Å². The zero-order chi connectivity index (χ0) is 21.1. The van der Waals surface area contributed by atoms with Gasteiger partial charge in [0.15, 0.2) is 0 Å². The molecule has 0 heterocycles. The summed E-state index contributed by atoms with van der Waals surface area (Å²) in [6.45, 7) is 3.77. The molecule has 2 aromatic rings. The number of amides is 2. The summed E-state index contributed by atoms with van der Waals surface area (Å²) in [6.07, 6.45) is 10.1. The molecule has 2 aliphatic carbocycles. The SMILES string of the molecule is CCC(=O)[NH][In]([NH]C(=O)CC)[Zr]([CH]1C=Cc2ccccc21)[CH]1C=Cc2ccccc21. The van der Waals surface area contributed by atoms with Crippen molar-refractivity contribution < 1.29 is 26.6 Å². The summed E-state index contributed by atoms with van der Waals surface area (Å²) in [6, 6.07) is 17.2. The average Bonchev–Trinajstić information content (AvgIpc) is 3.39. The normalized spacial score (nSPS) is 17.9. The number of carbonyl (C=O) groups is 2. The van der Waals surface area contributed by atoms with E-state index >= 15 is 0 Å². The first kappa shape index (κ1) is 21.8. The van der Waals surface area contributed by atoms with Gasteiger partial charge in [-0.3, -0.25) is 0 Å². The van der Waals surface area contributed by atoms with Crippen molar-refractivity contribution in [3.05, 3.63) is 82.9 Å². The van der Waals surface area contributed by atoms with E-state index in [2.05, 4.69) is 79.4 Å². The Labute approximate surface area is 189 Å². The van der Waals surface area contributed by atoms with Gasteiger partial charge in [-0.1, -0.05) is 0 Å². The first-order valence-corrected chi connectivity index (χ1v) is 27.9. The molecule has 151 valence electrons. The Kier molecular flexibility index (Phi) is 7.15. The molecular weight excluding hydrogens is 554 g/mol. The van der Waals surface area contributed by atoms with Crippen LogP contribution in [0.4, 0.5) is 0 Å². The molecule has 2 amide bonds. The number of fused-ring (bicyclic) bond motifs is 2. The van der Waals surface area contributed by atoms with E-state index in [1.165, 1.54) is 22.3 Å². The number of hydrogen-bond donors (Lipinski definition) is 2. The molecule has 0 bridgehead atoms. The van der Waals surface area contributed by atoms with Crippen LogP contribution in [-0.2, 0) is 26.6 Å². The fraction of sp³-hybridized carbons (Fsp3) is 0.250.